The van der Waals surface area contributed by atoms with Gasteiger partial charge in [-0.05, 0) is 24.6 Å². The minimum absolute atomic E-state index is 0.600. The number of piperidine rings is 1. The lowest BCUT2D eigenvalue weighted by Gasteiger charge is -2.46. The Morgan fingerprint density at radius 3 is 2.77 bits per heavy atom. The van der Waals surface area contributed by atoms with Gasteiger partial charge < -0.3 is 19.4 Å². The van der Waals surface area contributed by atoms with Crippen LogP contribution in [0.25, 0.3) is 0 Å². The number of nitrogens with zero attached hydrogens (tertiary/aromatic N) is 3. The van der Waals surface area contributed by atoms with E-state index in [-0.39, 0.29) is 0 Å². The number of anilines is 2. The van der Waals surface area contributed by atoms with E-state index in [0.29, 0.717) is 12.0 Å². The van der Waals surface area contributed by atoms with Gasteiger partial charge >= 0.3 is 0 Å². The lowest BCUT2D eigenvalue weighted by atomic mass is 9.89. The van der Waals surface area contributed by atoms with Gasteiger partial charge in [0.15, 0.2) is 0 Å². The third-order valence-electron chi connectivity index (χ3n) is 6.19. The number of hydrogen-bond donors (Lipinski definition) is 0. The van der Waals surface area contributed by atoms with Crippen molar-refractivity contribution in [1.29, 1.82) is 0 Å². The standard InChI is InChI=1S/C18H25N3O/c1-2-19-7-6-16-15(10-19)14-4-3-5-17-18(14)21(16)9-8-20(17)13-11-22-12-13/h3-5,13,15-16H,2,6-12H2,1H3. The molecule has 22 heavy (non-hydrogen) atoms. The molecule has 0 amide bonds. The summed E-state index contributed by atoms with van der Waals surface area (Å²) in [5.74, 6) is 0.709. The summed E-state index contributed by atoms with van der Waals surface area (Å²) in [7, 11) is 0. The van der Waals surface area contributed by atoms with Gasteiger partial charge in [0.05, 0.1) is 30.6 Å². The summed E-state index contributed by atoms with van der Waals surface area (Å²) in [4.78, 5) is 7.96. The van der Waals surface area contributed by atoms with E-state index in [0.717, 1.165) is 25.8 Å². The van der Waals surface area contributed by atoms with Gasteiger partial charge in [-0.3, -0.25) is 0 Å². The molecule has 0 radical (unpaired) electrons. The van der Waals surface area contributed by atoms with Crippen molar-refractivity contribution in [2.24, 2.45) is 0 Å². The van der Waals surface area contributed by atoms with Crippen LogP contribution in [0.2, 0.25) is 0 Å². The quantitative estimate of drug-likeness (QED) is 0.830. The van der Waals surface area contributed by atoms with E-state index in [4.69, 9.17) is 4.74 Å². The normalized spacial score (nSPS) is 31.0. The summed E-state index contributed by atoms with van der Waals surface area (Å²) in [6, 6.07) is 8.33. The number of ether oxygens (including phenoxy) is 1. The third kappa shape index (κ3) is 1.71. The van der Waals surface area contributed by atoms with Crippen LogP contribution in [0.3, 0.4) is 0 Å². The summed E-state index contributed by atoms with van der Waals surface area (Å²) in [6.45, 7) is 10.1. The number of rotatable bonds is 2. The molecule has 4 heteroatoms. The Bertz CT molecular complexity index is 586. The first-order chi connectivity index (χ1) is 10.9. The molecule has 0 aromatic heterocycles. The Hall–Kier alpha value is -1.26. The fraction of sp³-hybridized carbons (Fsp3) is 0.667. The summed E-state index contributed by atoms with van der Waals surface area (Å²) in [6.07, 6.45) is 1.32. The molecule has 2 fully saturated rings. The van der Waals surface area contributed by atoms with E-state index in [1.807, 2.05) is 0 Å². The fourth-order valence-electron chi connectivity index (χ4n) is 4.93. The van der Waals surface area contributed by atoms with Crippen LogP contribution in [0.4, 0.5) is 11.4 Å². The van der Waals surface area contributed by atoms with Crippen molar-refractivity contribution >= 4 is 11.4 Å². The first kappa shape index (κ1) is 13.2. The van der Waals surface area contributed by atoms with Gasteiger partial charge in [0.2, 0.25) is 0 Å². The number of benzene rings is 1. The Labute approximate surface area is 132 Å². The molecule has 4 heterocycles. The Morgan fingerprint density at radius 1 is 1.14 bits per heavy atom. The molecule has 4 aliphatic rings. The fourth-order valence-corrected chi connectivity index (χ4v) is 4.93. The zero-order valence-electron chi connectivity index (χ0n) is 13.4. The van der Waals surface area contributed by atoms with Crippen molar-refractivity contribution in [2.45, 2.75) is 31.3 Å². The van der Waals surface area contributed by atoms with Crippen LogP contribution in [0, 0.1) is 0 Å². The van der Waals surface area contributed by atoms with Gasteiger partial charge in [-0.2, -0.15) is 0 Å². The minimum Gasteiger partial charge on any atom is -0.377 e. The maximum atomic E-state index is 5.44. The van der Waals surface area contributed by atoms with E-state index in [1.165, 1.54) is 38.3 Å². The number of hydrogen-bond acceptors (Lipinski definition) is 4. The monoisotopic (exact) mass is 299 g/mol. The third-order valence-corrected chi connectivity index (χ3v) is 6.19. The molecule has 0 aliphatic carbocycles. The van der Waals surface area contributed by atoms with E-state index < -0.39 is 0 Å². The number of likely N-dealkylation sites (tertiary alicyclic amines) is 1. The number of para-hydroxylation sites is 1. The molecule has 2 saturated heterocycles. The molecule has 0 bridgehead atoms. The van der Waals surface area contributed by atoms with Crippen LogP contribution in [-0.2, 0) is 4.74 Å². The van der Waals surface area contributed by atoms with Crippen LogP contribution in [0.15, 0.2) is 18.2 Å². The van der Waals surface area contributed by atoms with Gasteiger partial charge in [0.25, 0.3) is 0 Å². The predicted octanol–water partition coefficient (Wildman–Crippen LogP) is 1.90. The molecular formula is C18H25N3O. The van der Waals surface area contributed by atoms with Crippen LogP contribution in [0.1, 0.15) is 24.8 Å². The number of likely N-dealkylation sites (N-methyl/N-ethyl adjacent to an activating group) is 1. The zero-order valence-corrected chi connectivity index (χ0v) is 13.4. The molecule has 2 unspecified atom stereocenters. The summed E-state index contributed by atoms with van der Waals surface area (Å²) in [5, 5.41) is 0. The second kappa shape index (κ2) is 4.87. The van der Waals surface area contributed by atoms with E-state index in [1.54, 1.807) is 11.3 Å². The zero-order chi connectivity index (χ0) is 14.7. The van der Waals surface area contributed by atoms with Gasteiger partial charge in [0.1, 0.15) is 0 Å². The van der Waals surface area contributed by atoms with Crippen molar-refractivity contribution < 1.29 is 4.74 Å². The van der Waals surface area contributed by atoms with E-state index >= 15 is 0 Å². The van der Waals surface area contributed by atoms with E-state index in [9.17, 15) is 0 Å². The summed E-state index contributed by atoms with van der Waals surface area (Å²) in [5.41, 5.74) is 4.62. The second-order valence-electron chi connectivity index (χ2n) is 7.15. The number of fused-ring (bicyclic) bond motifs is 3. The van der Waals surface area contributed by atoms with E-state index in [2.05, 4.69) is 39.8 Å². The highest BCUT2D eigenvalue weighted by atomic mass is 16.5. The Morgan fingerprint density at radius 2 is 2.00 bits per heavy atom. The molecule has 4 nitrogen and oxygen atoms in total. The molecule has 4 aliphatic heterocycles. The summed E-state index contributed by atoms with van der Waals surface area (Å²) >= 11 is 0. The predicted molar refractivity (Wildman–Crippen MR) is 89.0 cm³/mol. The first-order valence-electron chi connectivity index (χ1n) is 8.83. The lowest BCUT2D eigenvalue weighted by Crippen LogP contribution is -2.55. The Kier molecular flexibility index (Phi) is 2.92. The van der Waals surface area contributed by atoms with Crippen molar-refractivity contribution in [2.75, 3.05) is 55.7 Å². The average molecular weight is 299 g/mol. The van der Waals surface area contributed by atoms with Crippen molar-refractivity contribution in [1.82, 2.24) is 4.90 Å². The smallest absolute Gasteiger partial charge is 0.0758 e. The van der Waals surface area contributed by atoms with Crippen LogP contribution in [0.5, 0.6) is 0 Å². The molecule has 1 aromatic carbocycles. The molecule has 1 aromatic rings. The topological polar surface area (TPSA) is 19.0 Å². The largest absolute Gasteiger partial charge is 0.377 e. The molecule has 118 valence electrons. The summed E-state index contributed by atoms with van der Waals surface area (Å²) < 4.78 is 5.44. The maximum Gasteiger partial charge on any atom is 0.0758 e. The highest BCUT2D eigenvalue weighted by Gasteiger charge is 2.45. The molecule has 0 saturated carbocycles. The highest BCUT2D eigenvalue weighted by molar-refractivity contribution is 5.81. The van der Waals surface area contributed by atoms with Crippen LogP contribution in [-0.4, -0.2) is 62.9 Å². The van der Waals surface area contributed by atoms with Crippen molar-refractivity contribution in [3.63, 3.8) is 0 Å². The van der Waals surface area contributed by atoms with Crippen LogP contribution >= 0.6 is 0 Å². The van der Waals surface area contributed by atoms with Crippen molar-refractivity contribution in [3.05, 3.63) is 23.8 Å². The Balaban J connectivity index is 1.55. The van der Waals surface area contributed by atoms with Crippen molar-refractivity contribution in [3.8, 4) is 0 Å². The molecular weight excluding hydrogens is 274 g/mol. The molecule has 5 rings (SSSR count). The first-order valence-corrected chi connectivity index (χ1v) is 8.83. The van der Waals surface area contributed by atoms with Gasteiger partial charge in [-0.15, -0.1) is 0 Å². The lowest BCUT2D eigenvalue weighted by molar-refractivity contribution is 0.00797. The average Bonchev–Trinajstić information content (AvgIpc) is 2.83. The minimum atomic E-state index is 0.600. The van der Waals surface area contributed by atoms with Gasteiger partial charge in [-0.1, -0.05) is 19.1 Å². The van der Waals surface area contributed by atoms with Gasteiger partial charge in [-0.25, -0.2) is 0 Å². The van der Waals surface area contributed by atoms with Crippen LogP contribution < -0.4 is 9.80 Å². The SMILES string of the molecule is CCN1CCC2C(C1)c1cccc3c1N2CCN3C1COC1. The highest BCUT2D eigenvalue weighted by Crippen LogP contribution is 2.51. The maximum absolute atomic E-state index is 5.44. The van der Waals surface area contributed by atoms with Gasteiger partial charge in [0, 0.05) is 38.1 Å². The second-order valence-corrected chi connectivity index (χ2v) is 7.15. The molecule has 0 N–H and O–H groups in total. The molecule has 2 atom stereocenters. The molecule has 0 spiro atoms.